The highest BCUT2D eigenvalue weighted by Crippen LogP contribution is 2.24. The molecular weight excluding hydrogens is 382 g/mol. The van der Waals surface area contributed by atoms with Gasteiger partial charge in [-0.2, -0.15) is 0 Å². The van der Waals surface area contributed by atoms with Crippen LogP contribution < -0.4 is 4.90 Å². The highest BCUT2D eigenvalue weighted by atomic mass is 16.6. The Morgan fingerprint density at radius 2 is 1.80 bits per heavy atom. The van der Waals surface area contributed by atoms with Crippen molar-refractivity contribution in [3.63, 3.8) is 0 Å². The summed E-state index contributed by atoms with van der Waals surface area (Å²) in [5.41, 5.74) is 2.58. The number of anilines is 1. The van der Waals surface area contributed by atoms with Crippen LogP contribution in [-0.4, -0.2) is 51.1 Å². The van der Waals surface area contributed by atoms with Gasteiger partial charge in [0.25, 0.3) is 5.69 Å². The Balaban J connectivity index is 1.48. The number of aromatic nitrogens is 2. The lowest BCUT2D eigenvalue weighted by atomic mass is 10.1. The van der Waals surface area contributed by atoms with E-state index in [1.165, 1.54) is 12.1 Å². The number of aryl methyl sites for hydroxylation is 1. The van der Waals surface area contributed by atoms with Gasteiger partial charge in [0, 0.05) is 62.2 Å². The summed E-state index contributed by atoms with van der Waals surface area (Å²) in [5.74, 6) is 1.62. The van der Waals surface area contributed by atoms with Crippen molar-refractivity contribution in [1.82, 2.24) is 14.9 Å². The summed E-state index contributed by atoms with van der Waals surface area (Å²) in [6, 6.07) is 15.7. The van der Waals surface area contributed by atoms with E-state index in [0.717, 1.165) is 49.8 Å². The number of phenols is 1. The zero-order valence-electron chi connectivity index (χ0n) is 16.7. The monoisotopic (exact) mass is 405 g/mol. The van der Waals surface area contributed by atoms with Gasteiger partial charge >= 0.3 is 0 Å². The number of non-ortho nitro benzene ring substituents is 1. The lowest BCUT2D eigenvalue weighted by Gasteiger charge is -2.35. The third-order valence-corrected chi connectivity index (χ3v) is 5.17. The van der Waals surface area contributed by atoms with Gasteiger partial charge < -0.3 is 10.0 Å². The molecule has 30 heavy (non-hydrogen) atoms. The minimum Gasteiger partial charge on any atom is -0.508 e. The van der Waals surface area contributed by atoms with Crippen molar-refractivity contribution in [3.8, 4) is 17.1 Å². The topological polar surface area (TPSA) is 95.6 Å². The molecule has 8 heteroatoms. The number of nitro groups is 1. The van der Waals surface area contributed by atoms with Crippen molar-refractivity contribution in [2.75, 3.05) is 31.1 Å². The Labute approximate surface area is 174 Å². The molecule has 0 saturated carbocycles. The maximum atomic E-state index is 11.1. The Morgan fingerprint density at radius 3 is 2.53 bits per heavy atom. The number of nitro benzene ring substituents is 1. The molecule has 0 bridgehead atoms. The Kier molecular flexibility index (Phi) is 5.58. The van der Waals surface area contributed by atoms with Crippen LogP contribution in [0.5, 0.6) is 5.75 Å². The van der Waals surface area contributed by atoms with Crippen molar-refractivity contribution < 1.29 is 10.0 Å². The molecule has 1 aliphatic rings. The number of aromatic hydroxyl groups is 1. The SMILES string of the molecule is Cc1cc(N2CCN(Cc3cccc(O)c3)CC2)nc(-c2cccc([N+](=O)[O-])c2)n1. The molecule has 1 aliphatic heterocycles. The molecule has 2 heterocycles. The predicted molar refractivity (Wildman–Crippen MR) is 114 cm³/mol. The minimum atomic E-state index is -0.411. The smallest absolute Gasteiger partial charge is 0.270 e. The van der Waals surface area contributed by atoms with Gasteiger partial charge in [-0.3, -0.25) is 15.0 Å². The predicted octanol–water partition coefficient (Wildman–Crippen LogP) is 3.39. The van der Waals surface area contributed by atoms with E-state index in [-0.39, 0.29) is 11.4 Å². The van der Waals surface area contributed by atoms with Crippen molar-refractivity contribution in [2.24, 2.45) is 0 Å². The average Bonchev–Trinajstić information content (AvgIpc) is 2.74. The summed E-state index contributed by atoms with van der Waals surface area (Å²) in [7, 11) is 0. The summed E-state index contributed by atoms with van der Waals surface area (Å²) < 4.78 is 0. The summed E-state index contributed by atoms with van der Waals surface area (Å²) in [4.78, 5) is 24.4. The zero-order valence-corrected chi connectivity index (χ0v) is 16.7. The molecule has 0 radical (unpaired) electrons. The molecule has 1 N–H and O–H groups in total. The van der Waals surface area contributed by atoms with E-state index in [9.17, 15) is 15.2 Å². The van der Waals surface area contributed by atoms with E-state index >= 15 is 0 Å². The molecule has 1 saturated heterocycles. The van der Waals surface area contributed by atoms with Crippen LogP contribution in [0.3, 0.4) is 0 Å². The minimum absolute atomic E-state index is 0.0275. The van der Waals surface area contributed by atoms with Gasteiger partial charge in [0.05, 0.1) is 4.92 Å². The number of piperazine rings is 1. The first-order valence-corrected chi connectivity index (χ1v) is 9.84. The molecule has 1 aromatic heterocycles. The van der Waals surface area contributed by atoms with E-state index in [1.54, 1.807) is 24.3 Å². The quantitative estimate of drug-likeness (QED) is 0.513. The maximum Gasteiger partial charge on any atom is 0.270 e. The van der Waals surface area contributed by atoms with Crippen molar-refractivity contribution >= 4 is 11.5 Å². The highest BCUT2D eigenvalue weighted by molar-refractivity contribution is 5.61. The van der Waals surface area contributed by atoms with E-state index < -0.39 is 4.92 Å². The van der Waals surface area contributed by atoms with Crippen LogP contribution in [0, 0.1) is 17.0 Å². The van der Waals surface area contributed by atoms with Gasteiger partial charge in [-0.25, -0.2) is 9.97 Å². The third-order valence-electron chi connectivity index (χ3n) is 5.17. The van der Waals surface area contributed by atoms with Gasteiger partial charge in [-0.15, -0.1) is 0 Å². The molecular formula is C22H23N5O3. The molecule has 8 nitrogen and oxygen atoms in total. The van der Waals surface area contributed by atoms with Crippen molar-refractivity contribution in [1.29, 1.82) is 0 Å². The second kappa shape index (κ2) is 8.46. The summed E-state index contributed by atoms with van der Waals surface area (Å²) in [5, 5.41) is 20.7. The number of phenolic OH excluding ortho intramolecular Hbond substituents is 1. The maximum absolute atomic E-state index is 11.1. The fourth-order valence-corrected chi connectivity index (χ4v) is 3.65. The van der Waals surface area contributed by atoms with Crippen LogP contribution in [0.1, 0.15) is 11.3 Å². The molecule has 0 amide bonds. The molecule has 0 aliphatic carbocycles. The molecule has 0 atom stereocenters. The first-order chi connectivity index (χ1) is 14.5. The molecule has 2 aromatic carbocycles. The number of hydrogen-bond donors (Lipinski definition) is 1. The first kappa shape index (κ1) is 19.8. The number of benzene rings is 2. The highest BCUT2D eigenvalue weighted by Gasteiger charge is 2.20. The summed E-state index contributed by atoms with van der Waals surface area (Å²) in [6.07, 6.45) is 0. The second-order valence-corrected chi connectivity index (χ2v) is 7.43. The fourth-order valence-electron chi connectivity index (χ4n) is 3.65. The summed E-state index contributed by atoms with van der Waals surface area (Å²) >= 11 is 0. The van der Waals surface area contributed by atoms with Crippen molar-refractivity contribution in [2.45, 2.75) is 13.5 Å². The van der Waals surface area contributed by atoms with Crippen LogP contribution in [0.4, 0.5) is 11.5 Å². The van der Waals surface area contributed by atoms with Gasteiger partial charge in [-0.1, -0.05) is 24.3 Å². The van der Waals surface area contributed by atoms with Crippen LogP contribution >= 0.6 is 0 Å². The molecule has 0 unspecified atom stereocenters. The van der Waals surface area contributed by atoms with E-state index in [0.29, 0.717) is 11.4 Å². The third kappa shape index (κ3) is 4.55. The van der Waals surface area contributed by atoms with Crippen LogP contribution in [0.25, 0.3) is 11.4 Å². The standard InChI is InChI=1S/C22H23N5O3/c1-16-12-21(24-22(23-16)18-5-3-6-19(14-18)27(29)30)26-10-8-25(9-11-26)15-17-4-2-7-20(28)13-17/h2-7,12-14,28H,8-11,15H2,1H3. The first-order valence-electron chi connectivity index (χ1n) is 9.84. The van der Waals surface area contributed by atoms with Gasteiger partial charge in [0.2, 0.25) is 0 Å². The fraction of sp³-hybridized carbons (Fsp3) is 0.273. The van der Waals surface area contributed by atoms with Crippen LogP contribution in [0.2, 0.25) is 0 Å². The second-order valence-electron chi connectivity index (χ2n) is 7.43. The lowest BCUT2D eigenvalue weighted by Crippen LogP contribution is -2.46. The summed E-state index contributed by atoms with van der Waals surface area (Å²) in [6.45, 7) is 6.11. The molecule has 0 spiro atoms. The Bertz CT molecular complexity index is 1060. The Morgan fingerprint density at radius 1 is 1.03 bits per heavy atom. The van der Waals surface area contributed by atoms with Gasteiger partial charge in [0.15, 0.2) is 5.82 Å². The zero-order chi connectivity index (χ0) is 21.1. The molecule has 154 valence electrons. The van der Waals surface area contributed by atoms with Crippen LogP contribution in [0.15, 0.2) is 54.6 Å². The molecule has 1 fully saturated rings. The van der Waals surface area contributed by atoms with Gasteiger partial charge in [-0.05, 0) is 24.6 Å². The molecule has 3 aromatic rings. The Hall–Kier alpha value is -3.52. The van der Waals surface area contributed by atoms with E-state index in [2.05, 4.69) is 19.8 Å². The number of hydrogen-bond acceptors (Lipinski definition) is 7. The number of rotatable bonds is 5. The van der Waals surface area contributed by atoms with E-state index in [1.807, 2.05) is 25.1 Å². The molecule has 4 rings (SSSR count). The van der Waals surface area contributed by atoms with E-state index in [4.69, 9.17) is 0 Å². The normalized spacial score (nSPS) is 14.6. The largest absolute Gasteiger partial charge is 0.508 e. The average molecular weight is 405 g/mol. The van der Waals surface area contributed by atoms with Crippen LogP contribution in [-0.2, 0) is 6.54 Å². The number of nitrogens with zero attached hydrogens (tertiary/aromatic N) is 5. The van der Waals surface area contributed by atoms with Gasteiger partial charge in [0.1, 0.15) is 11.6 Å². The lowest BCUT2D eigenvalue weighted by molar-refractivity contribution is -0.384. The van der Waals surface area contributed by atoms with Crippen molar-refractivity contribution in [3.05, 3.63) is 76.0 Å².